The number of furan rings is 1. The molecule has 0 unspecified atom stereocenters. The number of ketones is 1. The number of carbonyl (C=O) groups is 2. The van der Waals surface area contributed by atoms with Crippen molar-refractivity contribution in [1.29, 1.82) is 0 Å². The standard InChI is InChI=1S/C20H15NO5/c1-12(22)15-9-18-19(25-11-24-18)10-16(15)21-20(23)7-6-14-8-13-4-2-3-5-17(13)26-14/h2-10H,11H2,1H3,(H,21,23)/b7-6+. The molecule has 1 aromatic heterocycles. The van der Waals surface area contributed by atoms with E-state index in [0.29, 0.717) is 28.5 Å². The molecule has 130 valence electrons. The van der Waals surface area contributed by atoms with Crippen molar-refractivity contribution in [1.82, 2.24) is 0 Å². The molecule has 2 heterocycles. The summed E-state index contributed by atoms with van der Waals surface area (Å²) < 4.78 is 16.2. The maximum Gasteiger partial charge on any atom is 0.248 e. The van der Waals surface area contributed by atoms with Gasteiger partial charge < -0.3 is 19.2 Å². The summed E-state index contributed by atoms with van der Waals surface area (Å²) in [5.74, 6) is 0.989. The first-order chi connectivity index (χ1) is 12.6. The van der Waals surface area contributed by atoms with Crippen molar-refractivity contribution >= 4 is 34.4 Å². The molecular weight excluding hydrogens is 334 g/mol. The van der Waals surface area contributed by atoms with Crippen LogP contribution in [0, 0.1) is 0 Å². The Bertz CT molecular complexity index is 1010. The molecule has 1 aliphatic heterocycles. The highest BCUT2D eigenvalue weighted by Crippen LogP contribution is 2.37. The van der Waals surface area contributed by atoms with Crippen LogP contribution in [0.3, 0.4) is 0 Å². The predicted octanol–water partition coefficient (Wildman–Crippen LogP) is 4.02. The molecule has 4 rings (SSSR count). The normalized spacial score (nSPS) is 12.7. The third-order valence-corrected chi connectivity index (χ3v) is 3.99. The van der Waals surface area contributed by atoms with Crippen LogP contribution >= 0.6 is 0 Å². The summed E-state index contributed by atoms with van der Waals surface area (Å²) in [7, 11) is 0. The molecule has 3 aromatic rings. The monoisotopic (exact) mass is 349 g/mol. The number of hydrogen-bond acceptors (Lipinski definition) is 5. The van der Waals surface area contributed by atoms with Gasteiger partial charge in [0.25, 0.3) is 0 Å². The number of ether oxygens (including phenoxy) is 2. The zero-order valence-electron chi connectivity index (χ0n) is 13.9. The number of rotatable bonds is 4. The van der Waals surface area contributed by atoms with Crippen LogP contribution < -0.4 is 14.8 Å². The van der Waals surface area contributed by atoms with E-state index >= 15 is 0 Å². The fraction of sp³-hybridized carbons (Fsp3) is 0.100. The first-order valence-corrected chi connectivity index (χ1v) is 8.02. The number of benzene rings is 2. The lowest BCUT2D eigenvalue weighted by atomic mass is 10.1. The molecule has 1 N–H and O–H groups in total. The van der Waals surface area contributed by atoms with Crippen LogP contribution in [0.15, 0.2) is 53.0 Å². The molecule has 0 radical (unpaired) electrons. The number of Topliss-reactive ketones (excluding diaryl/α,β-unsaturated/α-hetero) is 1. The summed E-state index contributed by atoms with van der Waals surface area (Å²) in [5, 5.41) is 3.66. The fourth-order valence-electron chi connectivity index (χ4n) is 2.75. The van der Waals surface area contributed by atoms with Crippen LogP contribution in [-0.4, -0.2) is 18.5 Å². The second-order valence-corrected chi connectivity index (χ2v) is 5.82. The van der Waals surface area contributed by atoms with Gasteiger partial charge in [-0.05, 0) is 31.2 Å². The van der Waals surface area contributed by atoms with E-state index in [1.807, 2.05) is 30.3 Å². The molecule has 1 aliphatic rings. The zero-order chi connectivity index (χ0) is 18.1. The summed E-state index contributed by atoms with van der Waals surface area (Å²) >= 11 is 0. The molecule has 0 fully saturated rings. The quantitative estimate of drug-likeness (QED) is 0.569. The van der Waals surface area contributed by atoms with E-state index < -0.39 is 0 Å². The van der Waals surface area contributed by atoms with Crippen LogP contribution in [0.25, 0.3) is 17.0 Å². The van der Waals surface area contributed by atoms with E-state index in [9.17, 15) is 9.59 Å². The van der Waals surface area contributed by atoms with E-state index in [2.05, 4.69) is 5.32 Å². The minimum absolute atomic E-state index is 0.0933. The molecule has 1 amide bonds. The lowest BCUT2D eigenvalue weighted by Gasteiger charge is -2.09. The average Bonchev–Trinajstić information content (AvgIpc) is 3.24. The van der Waals surface area contributed by atoms with Crippen LogP contribution in [-0.2, 0) is 4.79 Å². The topological polar surface area (TPSA) is 77.8 Å². The Morgan fingerprint density at radius 1 is 1.08 bits per heavy atom. The molecule has 26 heavy (non-hydrogen) atoms. The SMILES string of the molecule is CC(=O)c1cc2c(cc1NC(=O)/C=C/c1cc3ccccc3o1)OCO2. The maximum atomic E-state index is 12.3. The second-order valence-electron chi connectivity index (χ2n) is 5.82. The summed E-state index contributed by atoms with van der Waals surface area (Å²) in [5.41, 5.74) is 1.49. The maximum absolute atomic E-state index is 12.3. The number of anilines is 1. The highest BCUT2D eigenvalue weighted by atomic mass is 16.7. The van der Waals surface area contributed by atoms with Crippen LogP contribution in [0.4, 0.5) is 5.69 Å². The average molecular weight is 349 g/mol. The lowest BCUT2D eigenvalue weighted by molar-refractivity contribution is -0.111. The highest BCUT2D eigenvalue weighted by molar-refractivity contribution is 6.08. The number of fused-ring (bicyclic) bond motifs is 2. The van der Waals surface area contributed by atoms with E-state index in [0.717, 1.165) is 11.0 Å². The number of hydrogen-bond donors (Lipinski definition) is 1. The first kappa shape index (κ1) is 16.0. The number of amides is 1. The predicted molar refractivity (Wildman–Crippen MR) is 96.4 cm³/mol. The Hall–Kier alpha value is -3.54. The van der Waals surface area contributed by atoms with Crippen molar-refractivity contribution < 1.29 is 23.5 Å². The fourth-order valence-corrected chi connectivity index (χ4v) is 2.75. The van der Waals surface area contributed by atoms with Gasteiger partial charge in [-0.2, -0.15) is 0 Å². The van der Waals surface area contributed by atoms with Crippen LogP contribution in [0.2, 0.25) is 0 Å². The van der Waals surface area contributed by atoms with Gasteiger partial charge in [0.2, 0.25) is 12.7 Å². The lowest BCUT2D eigenvalue weighted by Crippen LogP contribution is -2.11. The Labute approximate surface area is 149 Å². The van der Waals surface area contributed by atoms with Crippen molar-refractivity contribution in [3.8, 4) is 11.5 Å². The van der Waals surface area contributed by atoms with Crippen LogP contribution in [0.1, 0.15) is 23.0 Å². The van der Waals surface area contributed by atoms with Gasteiger partial charge >= 0.3 is 0 Å². The molecule has 0 atom stereocenters. The van der Waals surface area contributed by atoms with Crippen molar-refractivity contribution in [3.63, 3.8) is 0 Å². The summed E-state index contributed by atoms with van der Waals surface area (Å²) in [6, 6.07) is 12.6. The highest BCUT2D eigenvalue weighted by Gasteiger charge is 2.20. The van der Waals surface area contributed by atoms with Gasteiger partial charge in [-0.1, -0.05) is 18.2 Å². The largest absolute Gasteiger partial charge is 0.457 e. The van der Waals surface area contributed by atoms with Crippen molar-refractivity contribution in [3.05, 3.63) is 59.9 Å². The Kier molecular flexibility index (Phi) is 3.93. The summed E-state index contributed by atoms with van der Waals surface area (Å²) in [4.78, 5) is 24.1. The minimum atomic E-state index is -0.383. The molecule has 2 aromatic carbocycles. The molecule has 0 aliphatic carbocycles. The Morgan fingerprint density at radius 3 is 2.62 bits per heavy atom. The van der Waals surface area contributed by atoms with Crippen molar-refractivity contribution in [2.75, 3.05) is 12.1 Å². The van der Waals surface area contributed by atoms with Gasteiger partial charge in [-0.25, -0.2) is 0 Å². The van der Waals surface area contributed by atoms with Crippen molar-refractivity contribution in [2.24, 2.45) is 0 Å². The smallest absolute Gasteiger partial charge is 0.248 e. The Morgan fingerprint density at radius 2 is 1.85 bits per heavy atom. The molecule has 0 saturated heterocycles. The van der Waals surface area contributed by atoms with Crippen molar-refractivity contribution in [2.45, 2.75) is 6.92 Å². The van der Waals surface area contributed by atoms with Gasteiger partial charge in [0.1, 0.15) is 11.3 Å². The number of carbonyl (C=O) groups excluding carboxylic acids is 2. The van der Waals surface area contributed by atoms with Gasteiger partial charge in [-0.15, -0.1) is 0 Å². The first-order valence-electron chi connectivity index (χ1n) is 8.02. The van der Waals surface area contributed by atoms with Gasteiger partial charge in [0.15, 0.2) is 17.3 Å². The van der Waals surface area contributed by atoms with Gasteiger partial charge in [0, 0.05) is 23.1 Å². The Balaban J connectivity index is 1.55. The number of para-hydroxylation sites is 1. The molecule has 0 bridgehead atoms. The minimum Gasteiger partial charge on any atom is -0.457 e. The third-order valence-electron chi connectivity index (χ3n) is 3.99. The molecule has 6 heteroatoms. The van der Waals surface area contributed by atoms with E-state index in [4.69, 9.17) is 13.9 Å². The summed E-state index contributed by atoms with van der Waals surface area (Å²) in [6.07, 6.45) is 2.93. The van der Waals surface area contributed by atoms with E-state index in [-0.39, 0.29) is 18.5 Å². The second kappa shape index (κ2) is 6.40. The third kappa shape index (κ3) is 3.04. The summed E-state index contributed by atoms with van der Waals surface area (Å²) in [6.45, 7) is 1.52. The van der Waals surface area contributed by atoms with E-state index in [1.165, 1.54) is 13.0 Å². The van der Waals surface area contributed by atoms with Crippen LogP contribution in [0.5, 0.6) is 11.5 Å². The van der Waals surface area contributed by atoms with Gasteiger partial charge in [-0.3, -0.25) is 9.59 Å². The zero-order valence-corrected chi connectivity index (χ0v) is 13.9. The molecule has 6 nitrogen and oxygen atoms in total. The molecular formula is C20H15NO5. The molecule has 0 spiro atoms. The molecule has 0 saturated carbocycles. The van der Waals surface area contributed by atoms with E-state index in [1.54, 1.807) is 18.2 Å². The number of nitrogens with one attached hydrogen (secondary N) is 1. The van der Waals surface area contributed by atoms with Gasteiger partial charge in [0.05, 0.1) is 5.69 Å².